The van der Waals surface area contributed by atoms with Gasteiger partial charge >= 0.3 is 5.97 Å². The smallest absolute Gasteiger partial charge is 0.353 e. The third kappa shape index (κ3) is 5.70. The second-order valence-electron chi connectivity index (χ2n) is 4.65. The van der Waals surface area contributed by atoms with Gasteiger partial charge in [0.25, 0.3) is 0 Å². The van der Waals surface area contributed by atoms with Gasteiger partial charge in [-0.2, -0.15) is 5.10 Å². The van der Waals surface area contributed by atoms with Crippen molar-refractivity contribution >= 4 is 40.9 Å². The van der Waals surface area contributed by atoms with Crippen LogP contribution in [-0.4, -0.2) is 31.0 Å². The minimum atomic E-state index is -0.421. The van der Waals surface area contributed by atoms with Crippen molar-refractivity contribution in [2.45, 2.75) is 0 Å². The molecule has 2 N–H and O–H groups in total. The molecular weight excluding hydrogens is 358 g/mol. The molecule has 25 heavy (non-hydrogen) atoms. The molecule has 1 aromatic carbocycles. The van der Waals surface area contributed by atoms with Crippen LogP contribution in [0, 0.1) is 0 Å². The fraction of sp³-hybridized carbons (Fsp3) is 0.118. The SMILES string of the molecule is C=CCNC(=S)N/N=C\c1ccc(OC(=O)c2cccs2)c(OC)c1. The number of nitrogens with zero attached hydrogens (tertiary/aromatic N) is 1. The van der Waals surface area contributed by atoms with E-state index in [1.807, 2.05) is 5.38 Å². The zero-order chi connectivity index (χ0) is 18.1. The van der Waals surface area contributed by atoms with Crippen LogP contribution < -0.4 is 20.2 Å². The second-order valence-corrected chi connectivity index (χ2v) is 6.00. The first kappa shape index (κ1) is 18.6. The number of esters is 1. The zero-order valence-electron chi connectivity index (χ0n) is 13.5. The molecule has 2 aromatic rings. The molecule has 2 rings (SSSR count). The molecule has 1 aromatic heterocycles. The van der Waals surface area contributed by atoms with Crippen molar-refractivity contribution in [2.75, 3.05) is 13.7 Å². The lowest BCUT2D eigenvalue weighted by atomic mass is 10.2. The molecule has 0 saturated carbocycles. The fourth-order valence-corrected chi connectivity index (χ4v) is 2.50. The molecule has 0 amide bonds. The van der Waals surface area contributed by atoms with Crippen LogP contribution in [0.15, 0.2) is 53.5 Å². The minimum absolute atomic E-state index is 0.342. The molecule has 8 heteroatoms. The van der Waals surface area contributed by atoms with E-state index in [9.17, 15) is 4.79 Å². The fourth-order valence-electron chi connectivity index (χ4n) is 1.76. The van der Waals surface area contributed by atoms with Crippen molar-refractivity contribution in [3.63, 3.8) is 0 Å². The summed E-state index contributed by atoms with van der Waals surface area (Å²) in [6.45, 7) is 4.14. The van der Waals surface area contributed by atoms with Crippen molar-refractivity contribution in [1.29, 1.82) is 0 Å². The van der Waals surface area contributed by atoms with Gasteiger partial charge in [0.05, 0.1) is 13.3 Å². The van der Waals surface area contributed by atoms with Crippen LogP contribution in [0.1, 0.15) is 15.2 Å². The third-order valence-electron chi connectivity index (χ3n) is 2.90. The Balaban J connectivity index is 2.02. The lowest BCUT2D eigenvalue weighted by molar-refractivity contribution is 0.0735. The van der Waals surface area contributed by atoms with Crippen LogP contribution >= 0.6 is 23.6 Å². The van der Waals surface area contributed by atoms with Gasteiger partial charge in [0.2, 0.25) is 0 Å². The van der Waals surface area contributed by atoms with Gasteiger partial charge in [-0.15, -0.1) is 17.9 Å². The van der Waals surface area contributed by atoms with Crippen LogP contribution in [0.25, 0.3) is 0 Å². The molecule has 0 aliphatic carbocycles. The van der Waals surface area contributed by atoms with Crippen LogP contribution in [0.5, 0.6) is 11.5 Å². The summed E-state index contributed by atoms with van der Waals surface area (Å²) in [6.07, 6.45) is 3.27. The first-order chi connectivity index (χ1) is 12.1. The largest absolute Gasteiger partial charge is 0.493 e. The number of methoxy groups -OCH3 is 1. The van der Waals surface area contributed by atoms with Gasteiger partial charge in [-0.25, -0.2) is 4.79 Å². The Bertz CT molecular complexity index is 773. The lowest BCUT2D eigenvalue weighted by Gasteiger charge is -2.09. The van der Waals surface area contributed by atoms with E-state index in [0.717, 1.165) is 5.56 Å². The van der Waals surface area contributed by atoms with Gasteiger partial charge in [0.15, 0.2) is 16.6 Å². The lowest BCUT2D eigenvalue weighted by Crippen LogP contribution is -2.31. The second kappa shape index (κ2) is 9.55. The molecule has 0 radical (unpaired) electrons. The van der Waals surface area contributed by atoms with E-state index in [4.69, 9.17) is 21.7 Å². The summed E-state index contributed by atoms with van der Waals surface area (Å²) in [5.74, 6) is 0.352. The number of carbonyl (C=O) groups is 1. The summed E-state index contributed by atoms with van der Waals surface area (Å²) < 4.78 is 10.6. The average molecular weight is 375 g/mol. The van der Waals surface area contributed by atoms with Crippen molar-refractivity contribution in [1.82, 2.24) is 10.7 Å². The van der Waals surface area contributed by atoms with Gasteiger partial charge < -0.3 is 14.8 Å². The summed E-state index contributed by atoms with van der Waals surface area (Å²) in [6, 6.07) is 8.61. The first-order valence-electron chi connectivity index (χ1n) is 7.25. The van der Waals surface area contributed by atoms with Gasteiger partial charge in [-0.3, -0.25) is 5.43 Å². The molecule has 0 unspecified atom stereocenters. The van der Waals surface area contributed by atoms with Crippen molar-refractivity contribution < 1.29 is 14.3 Å². The molecule has 0 bridgehead atoms. The molecule has 6 nitrogen and oxygen atoms in total. The number of thiocarbonyl (C=S) groups is 1. The van der Waals surface area contributed by atoms with Crippen molar-refractivity contribution in [2.24, 2.45) is 5.10 Å². The van der Waals surface area contributed by atoms with Crippen molar-refractivity contribution in [3.8, 4) is 11.5 Å². The van der Waals surface area contributed by atoms with E-state index in [1.165, 1.54) is 18.4 Å². The standard InChI is InChI=1S/C17H17N3O3S2/c1-3-8-18-17(24)20-19-11-12-6-7-13(14(10-12)22-2)23-16(21)15-5-4-9-25-15/h3-7,9-11H,1,8H2,2H3,(H2,18,20,24)/b19-11-. The number of hydrogen-bond donors (Lipinski definition) is 2. The highest BCUT2D eigenvalue weighted by molar-refractivity contribution is 7.80. The first-order valence-corrected chi connectivity index (χ1v) is 8.54. The molecule has 0 spiro atoms. The average Bonchev–Trinajstić information content (AvgIpc) is 3.15. The Kier molecular flexibility index (Phi) is 7.12. The molecule has 130 valence electrons. The topological polar surface area (TPSA) is 72.0 Å². The van der Waals surface area contributed by atoms with E-state index >= 15 is 0 Å². The predicted octanol–water partition coefficient (Wildman–Crippen LogP) is 2.96. The van der Waals surface area contributed by atoms with E-state index in [0.29, 0.717) is 28.0 Å². The third-order valence-corrected chi connectivity index (χ3v) is 3.98. The molecule has 0 aliphatic heterocycles. The van der Waals surface area contributed by atoms with Gasteiger partial charge in [0, 0.05) is 6.54 Å². The number of carbonyl (C=O) groups excluding carboxylic acids is 1. The molecule has 0 saturated heterocycles. The summed E-state index contributed by atoms with van der Waals surface area (Å²) >= 11 is 6.34. The Morgan fingerprint density at radius 2 is 2.24 bits per heavy atom. The number of benzene rings is 1. The monoisotopic (exact) mass is 375 g/mol. The summed E-state index contributed by atoms with van der Waals surface area (Å²) in [5, 5.41) is 9.13. The van der Waals surface area contributed by atoms with Crippen LogP contribution in [0.3, 0.4) is 0 Å². The minimum Gasteiger partial charge on any atom is -0.493 e. The summed E-state index contributed by atoms with van der Waals surface area (Å²) in [4.78, 5) is 12.6. The predicted molar refractivity (Wildman–Crippen MR) is 104 cm³/mol. The Hall–Kier alpha value is -2.71. The maximum atomic E-state index is 12.0. The number of nitrogens with one attached hydrogen (secondary N) is 2. The Labute approximate surface area is 155 Å². The molecule has 0 fully saturated rings. The molecule has 0 atom stereocenters. The summed E-state index contributed by atoms with van der Waals surface area (Å²) in [5.41, 5.74) is 3.44. The Morgan fingerprint density at radius 1 is 1.40 bits per heavy atom. The maximum Gasteiger partial charge on any atom is 0.353 e. The van der Waals surface area contributed by atoms with E-state index < -0.39 is 5.97 Å². The molecular formula is C17H17N3O3S2. The van der Waals surface area contributed by atoms with E-state index in [2.05, 4.69) is 22.4 Å². The number of hydrogen-bond acceptors (Lipinski definition) is 6. The normalized spacial score (nSPS) is 10.3. The van der Waals surface area contributed by atoms with Gasteiger partial charge in [-0.05, 0) is 47.4 Å². The molecule has 0 aliphatic rings. The highest BCUT2D eigenvalue weighted by Gasteiger charge is 2.13. The van der Waals surface area contributed by atoms with Crippen LogP contribution in [0.2, 0.25) is 0 Å². The molecule has 1 heterocycles. The highest BCUT2D eigenvalue weighted by Crippen LogP contribution is 2.28. The number of thiophene rings is 1. The van der Waals surface area contributed by atoms with Gasteiger partial charge in [0.1, 0.15) is 4.88 Å². The zero-order valence-corrected chi connectivity index (χ0v) is 15.2. The highest BCUT2D eigenvalue weighted by atomic mass is 32.1. The van der Waals surface area contributed by atoms with Crippen LogP contribution in [-0.2, 0) is 0 Å². The van der Waals surface area contributed by atoms with E-state index in [1.54, 1.807) is 42.6 Å². The number of hydrazone groups is 1. The Morgan fingerprint density at radius 3 is 2.92 bits per heavy atom. The number of ether oxygens (including phenoxy) is 2. The van der Waals surface area contributed by atoms with Gasteiger partial charge in [-0.1, -0.05) is 12.1 Å². The number of rotatable bonds is 7. The quantitative estimate of drug-likeness (QED) is 0.194. The van der Waals surface area contributed by atoms with Crippen LogP contribution in [0.4, 0.5) is 0 Å². The summed E-state index contributed by atoms with van der Waals surface area (Å²) in [7, 11) is 1.51. The van der Waals surface area contributed by atoms with Crippen molar-refractivity contribution in [3.05, 3.63) is 58.8 Å². The maximum absolute atomic E-state index is 12.0. The van der Waals surface area contributed by atoms with E-state index in [-0.39, 0.29) is 0 Å².